The van der Waals surface area contributed by atoms with Gasteiger partial charge >= 0.3 is 0 Å². The normalized spacial score (nSPS) is 11.9. The molecule has 0 aliphatic heterocycles. The summed E-state index contributed by atoms with van der Waals surface area (Å²) >= 11 is 0. The van der Waals surface area contributed by atoms with Gasteiger partial charge in [0.2, 0.25) is 0 Å². The molecular formula is C90H78F3N6O3+3. The monoisotopic (exact) mass is 1350 g/mol. The molecule has 9 nitrogen and oxygen atoms in total. The summed E-state index contributed by atoms with van der Waals surface area (Å²) in [5.41, 5.74) is 25.1. The summed E-state index contributed by atoms with van der Waals surface area (Å²) in [5.74, 6) is 3.48. The van der Waals surface area contributed by atoms with Crippen molar-refractivity contribution in [1.29, 1.82) is 0 Å². The van der Waals surface area contributed by atoms with Gasteiger partial charge in [0.25, 0.3) is 17.5 Å². The van der Waals surface area contributed by atoms with Crippen LogP contribution in [0.25, 0.3) is 150 Å². The molecule has 0 N–H and O–H groups in total. The van der Waals surface area contributed by atoms with E-state index >= 15 is 0 Å². The Morgan fingerprint density at radius 1 is 0.304 bits per heavy atom. The van der Waals surface area contributed by atoms with Gasteiger partial charge in [-0.15, -0.1) is 0 Å². The molecule has 0 saturated heterocycles. The molecule has 504 valence electrons. The molecule has 0 atom stereocenters. The molecule has 12 heteroatoms. The van der Waals surface area contributed by atoms with Crippen molar-refractivity contribution in [3.8, 4) is 51.2 Å². The van der Waals surface area contributed by atoms with Gasteiger partial charge in [-0.3, -0.25) is 0 Å². The standard InChI is InChI=1S/C33H32FN2O.C30H26FN2O.C27H20FN2O/c1-19(2)23-10-9-11-24(20(3)4)32(23)36-29-13-8-7-12-28(29)35(6)33(36)26-18-31-27(16-21(26)5)25-15-14-22(34)17-30(25)37-31;1-18(2)21-9-5-6-10-25(21)33-27-12-8-7-11-26(27)32(4)30(33)23-17-29-24(15-19(23)3)22-14-13-20(31)16-28(22)34-29;1-17-14-22-20-13-12-18(28)15-25(20)31-26(22)16-21(17)27-29(2)23-10-6-7-11-24(23)30(27)19-8-4-3-5-9-19/h7-20H,1-6H3;5-18H,1-4H3;3-16H,1-2H3/q3*+1. The molecule has 6 aromatic heterocycles. The predicted octanol–water partition coefficient (Wildman–Crippen LogP) is 22.8. The number of rotatable bonds is 9. The number of nitrogens with zero attached hydrogens (tertiary/aromatic N) is 6. The highest BCUT2D eigenvalue weighted by molar-refractivity contribution is 6.09. The second-order valence-electron chi connectivity index (χ2n) is 28.0. The lowest BCUT2D eigenvalue weighted by molar-refractivity contribution is -0.634. The highest BCUT2D eigenvalue weighted by Gasteiger charge is 2.34. The van der Waals surface area contributed by atoms with Gasteiger partial charge in [-0.05, 0) is 183 Å². The molecule has 18 rings (SSSR count). The third kappa shape index (κ3) is 10.8. The van der Waals surface area contributed by atoms with Gasteiger partial charge in [-0.2, -0.15) is 13.7 Å². The van der Waals surface area contributed by atoms with E-state index in [9.17, 15) is 13.2 Å². The van der Waals surface area contributed by atoms with Gasteiger partial charge in [0, 0.05) is 67.2 Å². The van der Waals surface area contributed by atoms with Crippen molar-refractivity contribution >= 4 is 98.9 Å². The third-order valence-electron chi connectivity index (χ3n) is 20.5. The molecule has 18 aromatic rings. The highest BCUT2D eigenvalue weighted by Crippen LogP contribution is 2.43. The van der Waals surface area contributed by atoms with Crippen molar-refractivity contribution in [2.24, 2.45) is 21.1 Å². The zero-order valence-corrected chi connectivity index (χ0v) is 59.3. The summed E-state index contributed by atoms with van der Waals surface area (Å²) in [5, 5.41) is 5.81. The van der Waals surface area contributed by atoms with Crippen LogP contribution in [0.15, 0.2) is 250 Å². The van der Waals surface area contributed by atoms with Crippen molar-refractivity contribution in [3.63, 3.8) is 0 Å². The number of halogens is 3. The predicted molar refractivity (Wildman–Crippen MR) is 408 cm³/mol. The van der Waals surface area contributed by atoms with Gasteiger partial charge in [0.15, 0.2) is 33.1 Å². The fourth-order valence-electron chi connectivity index (χ4n) is 15.5. The quantitative estimate of drug-likeness (QED) is 0.135. The second kappa shape index (κ2) is 25.4. The molecule has 0 amide bonds. The summed E-state index contributed by atoms with van der Waals surface area (Å²) in [7, 11) is 6.34. The first-order valence-electron chi connectivity index (χ1n) is 35.0. The van der Waals surface area contributed by atoms with Crippen molar-refractivity contribution in [2.75, 3.05) is 0 Å². The summed E-state index contributed by atoms with van der Waals surface area (Å²) in [6, 6.07) is 78.2. The minimum absolute atomic E-state index is 0.290. The molecule has 0 bridgehead atoms. The van der Waals surface area contributed by atoms with Crippen LogP contribution in [0.3, 0.4) is 0 Å². The number of fused-ring (bicyclic) bond motifs is 12. The van der Waals surface area contributed by atoms with Crippen LogP contribution >= 0.6 is 0 Å². The Morgan fingerprint density at radius 3 is 1.04 bits per heavy atom. The van der Waals surface area contributed by atoms with Crippen LogP contribution in [0.2, 0.25) is 0 Å². The maximum atomic E-state index is 13.9. The van der Waals surface area contributed by atoms with Crippen LogP contribution in [-0.2, 0) is 21.1 Å². The molecule has 0 aliphatic rings. The Balaban J connectivity index is 0.000000119. The van der Waals surface area contributed by atoms with Gasteiger partial charge in [-0.1, -0.05) is 133 Å². The van der Waals surface area contributed by atoms with Crippen LogP contribution < -0.4 is 13.7 Å². The lowest BCUT2D eigenvalue weighted by Crippen LogP contribution is -2.30. The maximum absolute atomic E-state index is 13.9. The SMILES string of the molecule is Cc1cc2c(cc1-c1n(-c3c(C(C)C)cccc3C(C)C)c3ccccc3[n+]1C)oc1cc(F)ccc12.Cc1cc2c(cc1-c1n(-c3ccccc3)c3ccccc3[n+]1C)oc1cc(F)ccc12.Cc1cc2c(cc1-c1n(-c3ccccc3C(C)C)c3ccccc3[n+]1C)oc1cc(F)ccc12. The van der Waals surface area contributed by atoms with E-state index < -0.39 is 0 Å². The molecule has 6 heterocycles. The molecule has 102 heavy (non-hydrogen) atoms. The van der Waals surface area contributed by atoms with Crippen molar-refractivity contribution in [2.45, 2.75) is 80.1 Å². The fraction of sp³-hybridized carbons (Fsp3) is 0.167. The molecular weight excluding hydrogens is 1270 g/mol. The van der Waals surface area contributed by atoms with Crippen molar-refractivity contribution < 1.29 is 40.1 Å². The Hall–Kier alpha value is -11.8. The van der Waals surface area contributed by atoms with E-state index in [0.29, 0.717) is 34.5 Å². The van der Waals surface area contributed by atoms with Gasteiger partial charge in [0.05, 0.1) is 37.8 Å². The zero-order valence-electron chi connectivity index (χ0n) is 59.3. The third-order valence-corrected chi connectivity index (χ3v) is 20.5. The maximum Gasteiger partial charge on any atom is 0.295 e. The van der Waals surface area contributed by atoms with Crippen LogP contribution in [-0.4, -0.2) is 13.7 Å². The molecule has 0 unspecified atom stereocenters. The molecule has 0 aliphatic carbocycles. The van der Waals surface area contributed by atoms with Crippen LogP contribution in [0, 0.1) is 38.2 Å². The highest BCUT2D eigenvalue weighted by atomic mass is 19.1. The molecule has 0 fully saturated rings. The summed E-state index contributed by atoms with van der Waals surface area (Å²) in [4.78, 5) is 0. The first-order valence-corrected chi connectivity index (χ1v) is 35.0. The van der Waals surface area contributed by atoms with Crippen molar-refractivity contribution in [3.05, 3.63) is 287 Å². The van der Waals surface area contributed by atoms with E-state index in [2.05, 4.69) is 287 Å². The smallest absolute Gasteiger partial charge is 0.295 e. The van der Waals surface area contributed by atoms with E-state index in [1.54, 1.807) is 18.2 Å². The van der Waals surface area contributed by atoms with E-state index in [-0.39, 0.29) is 17.5 Å². The number of benzene rings is 12. The van der Waals surface area contributed by atoms with E-state index in [4.69, 9.17) is 13.3 Å². The Labute approximate surface area is 589 Å². The number of hydrogen-bond donors (Lipinski definition) is 0. The Morgan fingerprint density at radius 2 is 0.627 bits per heavy atom. The molecule has 12 aromatic carbocycles. The number of aromatic nitrogens is 6. The fourth-order valence-corrected chi connectivity index (χ4v) is 15.5. The minimum Gasteiger partial charge on any atom is -0.456 e. The molecule has 0 saturated carbocycles. The number of hydrogen-bond acceptors (Lipinski definition) is 3. The average Bonchev–Trinajstić information content (AvgIpc) is 1.62. The summed E-state index contributed by atoms with van der Waals surface area (Å²) < 4.78 is 73.7. The topological polar surface area (TPSA) is 65.8 Å². The van der Waals surface area contributed by atoms with Crippen molar-refractivity contribution in [1.82, 2.24) is 13.7 Å². The van der Waals surface area contributed by atoms with Crippen LogP contribution in [0.4, 0.5) is 13.2 Å². The van der Waals surface area contributed by atoms with Gasteiger partial charge in [0.1, 0.15) is 68.0 Å². The average molecular weight is 1350 g/mol. The van der Waals surface area contributed by atoms with Gasteiger partial charge < -0.3 is 13.3 Å². The number of furan rings is 3. The summed E-state index contributed by atoms with van der Waals surface area (Å²) in [6.07, 6.45) is 0. The van der Waals surface area contributed by atoms with E-state index in [1.165, 1.54) is 70.0 Å². The number of aryl methyl sites for hydroxylation is 6. The minimum atomic E-state index is -0.292. The largest absolute Gasteiger partial charge is 0.456 e. The lowest BCUT2D eigenvalue weighted by atomic mass is 9.92. The molecule has 0 spiro atoms. The number of imidazole rings is 3. The van der Waals surface area contributed by atoms with E-state index in [0.717, 1.165) is 133 Å². The van der Waals surface area contributed by atoms with Gasteiger partial charge in [-0.25, -0.2) is 26.9 Å². The molecule has 0 radical (unpaired) electrons. The lowest BCUT2D eigenvalue weighted by Gasteiger charge is -2.18. The first-order chi connectivity index (χ1) is 49.3. The van der Waals surface area contributed by atoms with Crippen LogP contribution in [0.1, 0.15) is 92.7 Å². The Bertz CT molecular complexity index is 6350. The second-order valence-corrected chi connectivity index (χ2v) is 28.0. The summed E-state index contributed by atoms with van der Waals surface area (Å²) in [6.45, 7) is 19.9. The van der Waals surface area contributed by atoms with Crippen LogP contribution in [0.5, 0.6) is 0 Å². The zero-order chi connectivity index (χ0) is 70.7. The van der Waals surface area contributed by atoms with E-state index in [1.807, 2.05) is 6.07 Å². The first kappa shape index (κ1) is 64.9. The number of para-hydroxylation sites is 9. The Kier molecular flexibility index (Phi) is 16.2.